The quantitative estimate of drug-likeness (QED) is 0.294. The Labute approximate surface area is 211 Å². The molecule has 0 radical (unpaired) electrons. The van der Waals surface area contributed by atoms with Crippen molar-refractivity contribution in [3.63, 3.8) is 0 Å². The predicted octanol–water partition coefficient (Wildman–Crippen LogP) is 6.32. The number of nitrogens with zero attached hydrogens (tertiary/aromatic N) is 4. The van der Waals surface area contributed by atoms with Crippen molar-refractivity contribution >= 4 is 56.9 Å². The van der Waals surface area contributed by atoms with Gasteiger partial charge < -0.3 is 14.8 Å². The molecule has 3 heterocycles. The number of nitrogens with one attached hydrogen (secondary N) is 1. The van der Waals surface area contributed by atoms with E-state index in [9.17, 15) is 0 Å². The van der Waals surface area contributed by atoms with Gasteiger partial charge in [0.2, 0.25) is 0 Å². The molecule has 0 bridgehead atoms. The Bertz CT molecular complexity index is 1310. The molecule has 34 heavy (non-hydrogen) atoms. The minimum absolute atomic E-state index is 0.359. The van der Waals surface area contributed by atoms with E-state index in [0.29, 0.717) is 34.0 Å². The van der Waals surface area contributed by atoms with Crippen LogP contribution in [0.15, 0.2) is 42.0 Å². The van der Waals surface area contributed by atoms with Crippen molar-refractivity contribution in [2.24, 2.45) is 0 Å². The summed E-state index contributed by atoms with van der Waals surface area (Å²) in [6, 6.07) is 9.04. The lowest BCUT2D eigenvalue weighted by molar-refractivity contribution is 0.280. The van der Waals surface area contributed by atoms with E-state index in [0.717, 1.165) is 46.9 Å². The molecule has 2 aromatic carbocycles. The van der Waals surface area contributed by atoms with Crippen LogP contribution in [0.5, 0.6) is 11.5 Å². The zero-order valence-electron chi connectivity index (χ0n) is 18.6. The van der Waals surface area contributed by atoms with Gasteiger partial charge in [-0.2, -0.15) is 0 Å². The van der Waals surface area contributed by atoms with Gasteiger partial charge in [-0.25, -0.2) is 15.0 Å². The molecule has 0 saturated carbocycles. The van der Waals surface area contributed by atoms with Gasteiger partial charge in [0.15, 0.2) is 11.5 Å². The molecular formula is C24H23Cl2N5O2S. The maximum absolute atomic E-state index is 6.15. The lowest BCUT2D eigenvalue weighted by Crippen LogP contribution is -2.18. The number of methoxy groups -OCH3 is 1. The van der Waals surface area contributed by atoms with Crippen molar-refractivity contribution in [2.75, 3.05) is 25.5 Å². The van der Waals surface area contributed by atoms with Gasteiger partial charge in [0, 0.05) is 22.5 Å². The van der Waals surface area contributed by atoms with Crippen LogP contribution in [0.2, 0.25) is 10.0 Å². The van der Waals surface area contributed by atoms with Crippen LogP contribution in [-0.4, -0.2) is 40.1 Å². The number of fused-ring (bicyclic) bond motifs is 1. The number of aromatic nitrogens is 3. The van der Waals surface area contributed by atoms with E-state index in [1.807, 2.05) is 18.2 Å². The number of hydrogen-bond donors (Lipinski definition) is 1. The van der Waals surface area contributed by atoms with Crippen LogP contribution in [0.25, 0.3) is 10.9 Å². The molecule has 7 nitrogen and oxygen atoms in total. The third-order valence-corrected chi connectivity index (χ3v) is 7.26. The van der Waals surface area contributed by atoms with E-state index >= 15 is 0 Å². The standard InChI is InChI=1S/C24H23Cl2N5O2S/c1-32-21-9-17-20(27-14-28-24(17)30-15-4-5-18(25)19(26)8-15)10-22(21)33-12-16-13-34-23(29-16)11-31-6-2-3-7-31/h4-5,8-10,13-14H,2-3,6-7,11-12H2,1H3,(H,27,28,30). The Morgan fingerprint density at radius 2 is 1.91 bits per heavy atom. The summed E-state index contributed by atoms with van der Waals surface area (Å²) in [5, 5.41) is 8.20. The summed E-state index contributed by atoms with van der Waals surface area (Å²) in [6.45, 7) is 3.58. The Morgan fingerprint density at radius 1 is 1.06 bits per heavy atom. The van der Waals surface area contributed by atoms with Crippen LogP contribution < -0.4 is 14.8 Å². The number of rotatable bonds is 8. The summed E-state index contributed by atoms with van der Waals surface area (Å²) < 4.78 is 11.7. The number of anilines is 2. The second-order valence-corrected chi connectivity index (χ2v) is 9.76. The monoisotopic (exact) mass is 515 g/mol. The predicted molar refractivity (Wildman–Crippen MR) is 137 cm³/mol. The van der Waals surface area contributed by atoms with Crippen molar-refractivity contribution in [2.45, 2.75) is 26.0 Å². The number of hydrogen-bond acceptors (Lipinski definition) is 8. The third-order valence-electron chi connectivity index (χ3n) is 5.64. The van der Waals surface area contributed by atoms with Gasteiger partial charge >= 0.3 is 0 Å². The fourth-order valence-corrected chi connectivity index (χ4v) is 5.04. The van der Waals surface area contributed by atoms with Crippen LogP contribution in [0.1, 0.15) is 23.5 Å². The Balaban J connectivity index is 1.34. The van der Waals surface area contributed by atoms with Crippen LogP contribution in [0.4, 0.5) is 11.5 Å². The van der Waals surface area contributed by atoms with Crippen LogP contribution in [-0.2, 0) is 13.2 Å². The molecule has 1 saturated heterocycles. The molecule has 0 aliphatic carbocycles. The zero-order valence-corrected chi connectivity index (χ0v) is 20.9. The smallest absolute Gasteiger partial charge is 0.163 e. The number of likely N-dealkylation sites (tertiary alicyclic amines) is 1. The van der Waals surface area contributed by atoms with E-state index in [4.69, 9.17) is 37.7 Å². The summed E-state index contributed by atoms with van der Waals surface area (Å²) in [5.41, 5.74) is 2.40. The second-order valence-electron chi connectivity index (χ2n) is 8.00. The molecular weight excluding hydrogens is 493 g/mol. The highest BCUT2D eigenvalue weighted by atomic mass is 35.5. The van der Waals surface area contributed by atoms with Gasteiger partial charge in [0.05, 0.1) is 34.9 Å². The van der Waals surface area contributed by atoms with Crippen molar-refractivity contribution in [1.29, 1.82) is 0 Å². The largest absolute Gasteiger partial charge is 0.493 e. The van der Waals surface area contributed by atoms with Crippen LogP contribution in [0.3, 0.4) is 0 Å². The summed E-state index contributed by atoms with van der Waals surface area (Å²) in [6.07, 6.45) is 4.05. The SMILES string of the molecule is COc1cc2c(Nc3ccc(Cl)c(Cl)c3)ncnc2cc1OCc1csc(CN2CCCC2)n1. The number of benzene rings is 2. The first-order valence-corrected chi connectivity index (χ1v) is 12.6. The fourth-order valence-electron chi connectivity index (χ4n) is 3.92. The van der Waals surface area contributed by atoms with E-state index in [2.05, 4.69) is 25.6 Å². The van der Waals surface area contributed by atoms with Gasteiger partial charge in [-0.1, -0.05) is 23.2 Å². The Kier molecular flexibility index (Phi) is 7.01. The highest BCUT2D eigenvalue weighted by molar-refractivity contribution is 7.09. The van der Waals surface area contributed by atoms with Gasteiger partial charge in [0.25, 0.3) is 0 Å². The number of halogens is 2. The van der Waals surface area contributed by atoms with Gasteiger partial charge in [0.1, 0.15) is 23.8 Å². The van der Waals surface area contributed by atoms with E-state index < -0.39 is 0 Å². The van der Waals surface area contributed by atoms with E-state index in [1.54, 1.807) is 30.6 Å². The first kappa shape index (κ1) is 23.1. The molecule has 0 atom stereocenters. The molecule has 1 aliphatic heterocycles. The van der Waals surface area contributed by atoms with Gasteiger partial charge in [-0.15, -0.1) is 11.3 Å². The summed E-state index contributed by atoms with van der Waals surface area (Å²) in [4.78, 5) is 16.0. The number of ether oxygens (including phenoxy) is 2. The lowest BCUT2D eigenvalue weighted by atomic mass is 10.2. The fraction of sp³-hybridized carbons (Fsp3) is 0.292. The molecule has 5 rings (SSSR count). The minimum atomic E-state index is 0.359. The first-order valence-electron chi connectivity index (χ1n) is 10.9. The van der Waals surface area contributed by atoms with Crippen molar-refractivity contribution in [3.05, 3.63) is 62.8 Å². The molecule has 0 spiro atoms. The average molecular weight is 516 g/mol. The molecule has 2 aromatic heterocycles. The topological polar surface area (TPSA) is 72.4 Å². The molecule has 1 fully saturated rings. The zero-order chi connectivity index (χ0) is 23.5. The lowest BCUT2D eigenvalue weighted by Gasteiger charge is -2.14. The van der Waals surface area contributed by atoms with Crippen molar-refractivity contribution in [3.8, 4) is 11.5 Å². The Hall–Kier alpha value is -2.65. The summed E-state index contributed by atoms with van der Waals surface area (Å²) in [7, 11) is 1.61. The maximum atomic E-state index is 6.15. The molecule has 4 aromatic rings. The summed E-state index contributed by atoms with van der Waals surface area (Å²) in [5.74, 6) is 1.81. The first-order chi connectivity index (χ1) is 16.6. The molecule has 176 valence electrons. The highest BCUT2D eigenvalue weighted by Gasteiger charge is 2.15. The second kappa shape index (κ2) is 10.3. The molecule has 10 heteroatoms. The highest BCUT2D eigenvalue weighted by Crippen LogP contribution is 2.36. The average Bonchev–Trinajstić information content (AvgIpc) is 3.52. The van der Waals surface area contributed by atoms with Crippen molar-refractivity contribution in [1.82, 2.24) is 19.9 Å². The molecule has 0 unspecified atom stereocenters. The third kappa shape index (κ3) is 5.20. The van der Waals surface area contributed by atoms with Gasteiger partial charge in [-0.3, -0.25) is 4.90 Å². The maximum Gasteiger partial charge on any atom is 0.163 e. The van der Waals surface area contributed by atoms with Gasteiger partial charge in [-0.05, 0) is 50.2 Å². The van der Waals surface area contributed by atoms with E-state index in [-0.39, 0.29) is 0 Å². The van der Waals surface area contributed by atoms with E-state index in [1.165, 1.54) is 19.2 Å². The van der Waals surface area contributed by atoms with Crippen LogP contribution >= 0.6 is 34.5 Å². The van der Waals surface area contributed by atoms with Crippen molar-refractivity contribution < 1.29 is 9.47 Å². The normalized spacial score (nSPS) is 14.0. The molecule has 1 N–H and O–H groups in total. The number of thiazole rings is 1. The summed E-state index contributed by atoms with van der Waals surface area (Å²) >= 11 is 13.9. The molecule has 0 amide bonds. The minimum Gasteiger partial charge on any atom is -0.493 e. The molecule has 1 aliphatic rings. The van der Waals surface area contributed by atoms with Crippen LogP contribution in [0, 0.1) is 0 Å². The Morgan fingerprint density at radius 3 is 2.71 bits per heavy atom.